The maximum Gasteiger partial charge on any atom is 4.00 e. The zero-order chi connectivity index (χ0) is 18.3. The van der Waals surface area contributed by atoms with Crippen LogP contribution in [-0.4, -0.2) is 12.2 Å². The molecule has 2 unspecified atom stereocenters. The quantitative estimate of drug-likeness (QED) is 0.382. The maximum atomic E-state index is 10.2. The summed E-state index contributed by atoms with van der Waals surface area (Å²) in [5, 5.41) is 20.5. The first-order chi connectivity index (χ1) is 11.0. The van der Waals surface area contributed by atoms with Crippen LogP contribution in [0.1, 0.15) is 65.7 Å². The number of rotatable bonds is 7. The molecule has 0 spiro atoms. The van der Waals surface area contributed by atoms with Gasteiger partial charge in [-0.05, 0) is 12.8 Å². The van der Waals surface area contributed by atoms with Gasteiger partial charge in [0.1, 0.15) is 0 Å². The van der Waals surface area contributed by atoms with Crippen LogP contribution >= 0.6 is 0 Å². The standard InChI is InChI=1S/2C6H11O.C5H5.C4H9.Ti/c2*1-3-4-5-6(2)7;1-2-4-5-3-1;1-3-4-2;/h2*3,6H,1,4-5H2,2H3;1-3H,4H2;1,3-4H2,2H3;/q4*-1;+4. The molecule has 2 nitrogen and oxygen atoms in total. The summed E-state index contributed by atoms with van der Waals surface area (Å²) in [7, 11) is 0. The number of hydrogen-bond donors (Lipinski definition) is 0. The van der Waals surface area contributed by atoms with E-state index in [-0.39, 0.29) is 21.7 Å². The molecular weight excluding hydrogens is 332 g/mol. The molecule has 0 bridgehead atoms. The van der Waals surface area contributed by atoms with Crippen molar-refractivity contribution in [3.63, 3.8) is 0 Å². The van der Waals surface area contributed by atoms with Gasteiger partial charge < -0.3 is 17.1 Å². The Kier molecular flexibility index (Phi) is 39.8. The molecule has 0 aromatic carbocycles. The second kappa shape index (κ2) is 30.5. The zero-order valence-electron chi connectivity index (χ0n) is 15.9. The van der Waals surface area contributed by atoms with Crippen molar-refractivity contribution in [3.8, 4) is 0 Å². The maximum absolute atomic E-state index is 10.2. The van der Waals surface area contributed by atoms with Crippen molar-refractivity contribution in [3.05, 3.63) is 56.5 Å². The van der Waals surface area contributed by atoms with Crippen molar-refractivity contribution in [1.29, 1.82) is 0 Å². The monoisotopic (exact) mass is 368 g/mol. The molecule has 1 rings (SSSR count). The van der Waals surface area contributed by atoms with Crippen LogP contribution in [0.4, 0.5) is 0 Å². The molecule has 0 aromatic heterocycles. The van der Waals surface area contributed by atoms with Crippen LogP contribution in [0.25, 0.3) is 0 Å². The topological polar surface area (TPSA) is 46.1 Å². The van der Waals surface area contributed by atoms with E-state index in [0.29, 0.717) is 0 Å². The van der Waals surface area contributed by atoms with E-state index in [1.54, 1.807) is 26.0 Å². The van der Waals surface area contributed by atoms with Gasteiger partial charge in [0.15, 0.2) is 0 Å². The van der Waals surface area contributed by atoms with Crippen LogP contribution < -0.4 is 10.2 Å². The van der Waals surface area contributed by atoms with Gasteiger partial charge in [0.2, 0.25) is 0 Å². The fourth-order valence-electron chi connectivity index (χ4n) is 1.05. The van der Waals surface area contributed by atoms with Crippen molar-refractivity contribution in [1.82, 2.24) is 0 Å². The first-order valence-corrected chi connectivity index (χ1v) is 8.50. The Morgan fingerprint density at radius 1 is 1.12 bits per heavy atom. The van der Waals surface area contributed by atoms with Gasteiger partial charge in [-0.3, -0.25) is 6.08 Å². The largest absolute Gasteiger partial charge is 4.00 e. The van der Waals surface area contributed by atoms with E-state index < -0.39 is 12.2 Å². The van der Waals surface area contributed by atoms with Crippen molar-refractivity contribution in [2.24, 2.45) is 0 Å². The normalized spacial score (nSPS) is 12.8. The Hall–Kier alpha value is -0.406. The summed E-state index contributed by atoms with van der Waals surface area (Å²) in [5.74, 6) is 0. The van der Waals surface area contributed by atoms with Gasteiger partial charge in [0, 0.05) is 0 Å². The Morgan fingerprint density at radius 3 is 1.62 bits per heavy atom. The predicted molar refractivity (Wildman–Crippen MR) is 99.6 cm³/mol. The van der Waals surface area contributed by atoms with Gasteiger partial charge in [-0.1, -0.05) is 52.2 Å². The van der Waals surface area contributed by atoms with E-state index in [0.717, 1.165) is 38.5 Å². The first-order valence-electron chi connectivity index (χ1n) is 8.50. The zero-order valence-corrected chi connectivity index (χ0v) is 17.5. The Labute approximate surface area is 166 Å². The second-order valence-corrected chi connectivity index (χ2v) is 5.21. The molecule has 0 saturated heterocycles. The summed E-state index contributed by atoms with van der Waals surface area (Å²) in [4.78, 5) is 0. The third-order valence-corrected chi connectivity index (χ3v) is 2.49. The molecule has 0 amide bonds. The summed E-state index contributed by atoms with van der Waals surface area (Å²) in [6, 6.07) is 0. The molecule has 0 aromatic rings. The van der Waals surface area contributed by atoms with Crippen LogP contribution in [0.2, 0.25) is 0 Å². The number of allylic oxidation sites excluding steroid dienone is 6. The van der Waals surface area contributed by atoms with E-state index in [1.165, 1.54) is 6.42 Å². The minimum Gasteiger partial charge on any atom is -0.852 e. The minimum absolute atomic E-state index is 0. The molecule has 1 aliphatic rings. The van der Waals surface area contributed by atoms with Crippen LogP contribution in [-0.2, 0) is 21.7 Å². The summed E-state index contributed by atoms with van der Waals surface area (Å²) in [5.41, 5.74) is 0. The molecular formula is C21H36O2Ti. The molecule has 0 fully saturated rings. The predicted octanol–water partition coefficient (Wildman–Crippen LogP) is 4.33. The molecule has 24 heavy (non-hydrogen) atoms. The van der Waals surface area contributed by atoms with Crippen molar-refractivity contribution in [2.75, 3.05) is 0 Å². The Balaban J connectivity index is -0.000000112. The molecule has 1 aliphatic carbocycles. The van der Waals surface area contributed by atoms with E-state index >= 15 is 0 Å². The average Bonchev–Trinajstić information content (AvgIpc) is 3.11. The summed E-state index contributed by atoms with van der Waals surface area (Å²) in [6.45, 7) is 16.0. The van der Waals surface area contributed by atoms with Crippen LogP contribution in [0.5, 0.6) is 0 Å². The third-order valence-electron chi connectivity index (χ3n) is 2.49. The average molecular weight is 368 g/mol. The molecule has 0 radical (unpaired) electrons. The van der Waals surface area contributed by atoms with Gasteiger partial charge in [-0.15, -0.1) is 31.8 Å². The fraction of sp³-hybridized carbons (Fsp3) is 0.571. The Bertz CT molecular complexity index is 254. The van der Waals surface area contributed by atoms with Crippen LogP contribution in [0.3, 0.4) is 0 Å². The van der Waals surface area contributed by atoms with Crippen molar-refractivity contribution < 1.29 is 31.9 Å². The van der Waals surface area contributed by atoms with E-state index in [9.17, 15) is 10.2 Å². The first kappa shape index (κ1) is 31.4. The molecule has 0 heterocycles. The fourth-order valence-corrected chi connectivity index (χ4v) is 1.05. The molecule has 0 aliphatic heterocycles. The molecule has 0 N–H and O–H groups in total. The van der Waals surface area contributed by atoms with Crippen molar-refractivity contribution in [2.45, 2.75) is 77.9 Å². The number of unbranched alkanes of at least 4 members (excludes halogenated alkanes) is 1. The van der Waals surface area contributed by atoms with Crippen molar-refractivity contribution >= 4 is 0 Å². The molecule has 0 saturated carbocycles. The van der Waals surface area contributed by atoms with Crippen LogP contribution in [0.15, 0.2) is 43.5 Å². The Morgan fingerprint density at radius 2 is 1.54 bits per heavy atom. The summed E-state index contributed by atoms with van der Waals surface area (Å²) < 4.78 is 0. The van der Waals surface area contributed by atoms with E-state index in [2.05, 4.69) is 39.2 Å². The van der Waals surface area contributed by atoms with Gasteiger partial charge in [-0.25, -0.2) is 12.2 Å². The second-order valence-electron chi connectivity index (χ2n) is 5.21. The van der Waals surface area contributed by atoms with Gasteiger partial charge in [0.05, 0.1) is 0 Å². The SMILES string of the molecule is C=CCCC(C)[O-].C=CCCC(C)[O-].[C-]1=CC=CC1.[CH2-]CCC.[Ti+4]. The van der Waals surface area contributed by atoms with E-state index in [1.807, 2.05) is 12.2 Å². The molecule has 3 heteroatoms. The van der Waals surface area contributed by atoms with Gasteiger partial charge in [-0.2, -0.15) is 12.5 Å². The minimum atomic E-state index is -0.419. The van der Waals surface area contributed by atoms with Gasteiger partial charge in [0.25, 0.3) is 0 Å². The van der Waals surface area contributed by atoms with Gasteiger partial charge >= 0.3 is 21.7 Å². The summed E-state index contributed by atoms with van der Waals surface area (Å²) in [6.07, 6.45) is 18.1. The summed E-state index contributed by atoms with van der Waals surface area (Å²) >= 11 is 0. The molecule has 2 atom stereocenters. The van der Waals surface area contributed by atoms with Crippen LogP contribution in [0, 0.1) is 13.0 Å². The molecule has 136 valence electrons. The number of hydrogen-bond acceptors (Lipinski definition) is 2. The van der Waals surface area contributed by atoms with E-state index in [4.69, 9.17) is 0 Å². The third kappa shape index (κ3) is 49.6. The smallest absolute Gasteiger partial charge is 0.852 e.